The highest BCUT2D eigenvalue weighted by atomic mass is 32.2. The number of Topliss-reactive ketones (excluding diaryl/α,β-unsaturated/α-hetero) is 1. The molecule has 2 aliphatic heterocycles. The second-order valence-electron chi connectivity index (χ2n) is 14.6. The predicted molar refractivity (Wildman–Crippen MR) is 204 cm³/mol. The lowest BCUT2D eigenvalue weighted by molar-refractivity contribution is -0.144. The highest BCUT2D eigenvalue weighted by Gasteiger charge is 2.52. The van der Waals surface area contributed by atoms with Crippen molar-refractivity contribution in [3.05, 3.63) is 35.9 Å². The van der Waals surface area contributed by atoms with E-state index in [2.05, 4.69) is 21.3 Å². The zero-order valence-corrected chi connectivity index (χ0v) is 32.5. The van der Waals surface area contributed by atoms with Gasteiger partial charge in [0.1, 0.15) is 18.2 Å². The minimum atomic E-state index is -1.36. The van der Waals surface area contributed by atoms with Crippen LogP contribution in [0.4, 0.5) is 4.79 Å². The average molecular weight is 788 g/mol. The molecule has 0 bridgehead atoms. The number of carboxylic acids is 1. The molecule has 2 saturated carbocycles. The second kappa shape index (κ2) is 19.7. The van der Waals surface area contributed by atoms with Crippen LogP contribution in [0.5, 0.6) is 0 Å². The molecule has 16 heteroatoms. The van der Waals surface area contributed by atoms with Gasteiger partial charge in [-0.15, -0.1) is 23.5 Å². The summed E-state index contributed by atoms with van der Waals surface area (Å²) >= 11 is 3.45. The van der Waals surface area contributed by atoms with E-state index in [1.807, 2.05) is 0 Å². The Bertz CT molecular complexity index is 1510. The van der Waals surface area contributed by atoms with E-state index >= 15 is 0 Å². The number of rotatable bonds is 15. The Labute approximate surface area is 324 Å². The van der Waals surface area contributed by atoms with E-state index in [1.165, 1.54) is 0 Å². The zero-order chi connectivity index (χ0) is 38.7. The topological polar surface area (TPSA) is 200 Å². The lowest BCUT2D eigenvalue weighted by Gasteiger charge is -2.35. The summed E-state index contributed by atoms with van der Waals surface area (Å²) in [6.45, 7) is 1.44. The van der Waals surface area contributed by atoms with Crippen LogP contribution in [-0.2, 0) is 33.5 Å². The number of benzene rings is 1. The third-order valence-electron chi connectivity index (χ3n) is 10.7. The molecule has 2 unspecified atom stereocenters. The van der Waals surface area contributed by atoms with Gasteiger partial charge in [0.15, 0.2) is 6.04 Å². The first-order valence-corrected chi connectivity index (χ1v) is 21.2. The zero-order valence-electron chi connectivity index (χ0n) is 30.8. The lowest BCUT2D eigenvalue weighted by Crippen LogP contribution is -2.58. The van der Waals surface area contributed by atoms with Crippen molar-refractivity contribution in [2.75, 3.05) is 24.6 Å². The van der Waals surface area contributed by atoms with Crippen LogP contribution in [0.25, 0.3) is 0 Å². The largest absolute Gasteiger partial charge is 0.479 e. The van der Waals surface area contributed by atoms with Gasteiger partial charge in [-0.1, -0.05) is 62.9 Å². The molecule has 4 atom stereocenters. The van der Waals surface area contributed by atoms with Crippen molar-refractivity contribution < 1.29 is 43.4 Å². The molecule has 5 rings (SSSR count). The van der Waals surface area contributed by atoms with Gasteiger partial charge < -0.3 is 36.0 Å². The van der Waals surface area contributed by atoms with E-state index in [1.54, 1.807) is 65.7 Å². The summed E-state index contributed by atoms with van der Waals surface area (Å²) in [5, 5.41) is 19.9. The van der Waals surface area contributed by atoms with E-state index in [4.69, 9.17) is 4.74 Å². The number of aliphatic carboxylic acids is 1. The minimum absolute atomic E-state index is 0.108. The van der Waals surface area contributed by atoms with Gasteiger partial charge in [-0.3, -0.25) is 24.0 Å². The molecule has 5 N–H and O–H groups in total. The van der Waals surface area contributed by atoms with Gasteiger partial charge in [-0.25, -0.2) is 9.59 Å². The molecule has 0 radical (unpaired) electrons. The molecule has 14 nitrogen and oxygen atoms in total. The van der Waals surface area contributed by atoms with Crippen molar-refractivity contribution in [1.29, 1.82) is 0 Å². The molecule has 2 heterocycles. The molecule has 1 aromatic rings. The van der Waals surface area contributed by atoms with Gasteiger partial charge in [-0.2, -0.15) is 0 Å². The monoisotopic (exact) mass is 787 g/mol. The summed E-state index contributed by atoms with van der Waals surface area (Å²) in [5.74, 6) is -3.42. The Kier molecular flexibility index (Phi) is 15.1. The SMILES string of the molecule is CCCC(NC(=O)[C@@H]1CC2(CN1C(=O)[C@@H](NC(=O)OC1CCCC1)C1CCCCC1)SCCCS2)C(=O)C(=O)NCC(=O)NC(C(=O)O)c1ccccc1. The van der Waals surface area contributed by atoms with Crippen molar-refractivity contribution in [2.45, 2.75) is 125 Å². The van der Waals surface area contributed by atoms with Gasteiger partial charge in [0.05, 0.1) is 16.7 Å². The summed E-state index contributed by atoms with van der Waals surface area (Å²) in [5.41, 5.74) is 0.336. The van der Waals surface area contributed by atoms with Crippen molar-refractivity contribution in [3.8, 4) is 0 Å². The van der Waals surface area contributed by atoms with Crippen LogP contribution in [-0.4, -0.2) is 104 Å². The molecule has 0 aromatic heterocycles. The number of likely N-dealkylation sites (tertiary alicyclic amines) is 1. The van der Waals surface area contributed by atoms with E-state index in [9.17, 15) is 38.7 Å². The highest BCUT2D eigenvalue weighted by Crippen LogP contribution is 2.50. The Balaban J connectivity index is 1.27. The number of carbonyl (C=O) groups excluding carboxylic acids is 6. The Morgan fingerprint density at radius 3 is 2.20 bits per heavy atom. The molecule has 1 spiro atoms. The number of thioether (sulfide) groups is 2. The average Bonchev–Trinajstić information content (AvgIpc) is 3.83. The molecule has 54 heavy (non-hydrogen) atoms. The van der Waals surface area contributed by atoms with Crippen LogP contribution in [0, 0.1) is 5.92 Å². The number of nitrogens with zero attached hydrogens (tertiary/aromatic N) is 1. The first-order valence-electron chi connectivity index (χ1n) is 19.3. The van der Waals surface area contributed by atoms with Crippen molar-refractivity contribution in [2.24, 2.45) is 5.92 Å². The van der Waals surface area contributed by atoms with Gasteiger partial charge >= 0.3 is 12.1 Å². The van der Waals surface area contributed by atoms with Crippen molar-refractivity contribution in [1.82, 2.24) is 26.2 Å². The Morgan fingerprint density at radius 2 is 1.56 bits per heavy atom. The van der Waals surface area contributed by atoms with E-state index < -0.39 is 70.4 Å². The third kappa shape index (κ3) is 10.9. The fourth-order valence-corrected chi connectivity index (χ4v) is 11.2. The maximum atomic E-state index is 14.6. The van der Waals surface area contributed by atoms with Gasteiger partial charge in [-0.05, 0) is 74.4 Å². The first kappa shape index (κ1) is 41.4. The quantitative estimate of drug-likeness (QED) is 0.163. The molecular formula is C38H53N5O9S2. The summed E-state index contributed by atoms with van der Waals surface area (Å²) in [4.78, 5) is 94.4. The smallest absolute Gasteiger partial charge is 0.408 e. The number of carbonyl (C=O) groups is 7. The molecule has 4 fully saturated rings. The second-order valence-corrected chi connectivity index (χ2v) is 17.8. The summed E-state index contributed by atoms with van der Waals surface area (Å²) < 4.78 is 5.28. The molecule has 1 aromatic carbocycles. The van der Waals surface area contributed by atoms with Gasteiger partial charge in [0, 0.05) is 13.0 Å². The molecular weight excluding hydrogens is 735 g/mol. The summed E-state index contributed by atoms with van der Waals surface area (Å²) in [6.07, 6.45) is 9.16. The Morgan fingerprint density at radius 1 is 0.889 bits per heavy atom. The fourth-order valence-electron chi connectivity index (χ4n) is 7.85. The van der Waals surface area contributed by atoms with E-state index in [0.717, 1.165) is 75.7 Å². The number of alkyl carbamates (subject to hydrolysis) is 1. The third-order valence-corrected chi connectivity index (χ3v) is 14.0. The van der Waals surface area contributed by atoms with Crippen LogP contribution in [0.3, 0.4) is 0 Å². The van der Waals surface area contributed by atoms with Crippen LogP contribution in [0.1, 0.15) is 102 Å². The van der Waals surface area contributed by atoms with Crippen LogP contribution in [0.15, 0.2) is 30.3 Å². The number of nitrogens with one attached hydrogen (secondary N) is 4. The van der Waals surface area contributed by atoms with Gasteiger partial charge in [0.25, 0.3) is 5.91 Å². The summed E-state index contributed by atoms with van der Waals surface area (Å²) in [6, 6.07) is 3.67. The van der Waals surface area contributed by atoms with Gasteiger partial charge in [0.2, 0.25) is 23.5 Å². The maximum absolute atomic E-state index is 14.6. The molecule has 2 aliphatic carbocycles. The van der Waals surface area contributed by atoms with E-state index in [0.29, 0.717) is 24.9 Å². The van der Waals surface area contributed by atoms with Crippen molar-refractivity contribution in [3.63, 3.8) is 0 Å². The lowest BCUT2D eigenvalue weighted by atomic mass is 9.83. The predicted octanol–water partition coefficient (Wildman–Crippen LogP) is 3.68. The number of carboxylic acid groups (broad SMARTS) is 1. The minimum Gasteiger partial charge on any atom is -0.479 e. The van der Waals surface area contributed by atoms with Crippen LogP contribution >= 0.6 is 23.5 Å². The highest BCUT2D eigenvalue weighted by molar-refractivity contribution is 8.18. The van der Waals surface area contributed by atoms with Crippen molar-refractivity contribution >= 4 is 65.0 Å². The van der Waals surface area contributed by atoms with Crippen LogP contribution in [0.2, 0.25) is 0 Å². The maximum Gasteiger partial charge on any atom is 0.408 e. The molecule has 2 saturated heterocycles. The van der Waals surface area contributed by atoms with E-state index in [-0.39, 0.29) is 24.3 Å². The number of amides is 5. The standard InChI is InChI=1S/C38H53N5O9S2/c1-2-12-27(32(45)34(47)39-22-29(44)41-31(36(49)50)25-15-7-4-8-16-25)40-33(46)28-21-38(53-19-11-20-54-38)23-43(28)35(48)30(24-13-5-3-6-14-24)42-37(51)52-26-17-9-10-18-26/h4,7-8,15-16,24,26-28,30-31H,2-3,5-6,9-14,17-23H2,1H3,(H,39,47)(H,40,46)(H,41,44)(H,42,51)(H,49,50)/t27?,28-,30-,31?/m0/s1. The van der Waals surface area contributed by atoms with Crippen LogP contribution < -0.4 is 21.3 Å². The normalized spacial score (nSPS) is 21.7. The number of hydrogen-bond donors (Lipinski definition) is 5. The number of hydrogen-bond acceptors (Lipinski definition) is 10. The number of ketones is 1. The summed E-state index contributed by atoms with van der Waals surface area (Å²) in [7, 11) is 0. The molecule has 4 aliphatic rings. The Hall–Kier alpha value is -3.79. The molecule has 296 valence electrons. The number of ether oxygens (including phenoxy) is 1. The molecule has 5 amide bonds. The fraction of sp³-hybridized carbons (Fsp3) is 0.658. The first-order chi connectivity index (χ1) is 26.0.